The second-order valence-corrected chi connectivity index (χ2v) is 3.70. The molecule has 1 heterocycles. The Labute approximate surface area is 95.0 Å². The highest BCUT2D eigenvalue weighted by Crippen LogP contribution is 2.30. The maximum Gasteiger partial charge on any atom is 0.144 e. The van der Waals surface area contributed by atoms with Gasteiger partial charge in [0.1, 0.15) is 5.72 Å². The number of hydrogen-bond acceptors (Lipinski definition) is 2. The van der Waals surface area contributed by atoms with Crippen molar-refractivity contribution in [1.29, 1.82) is 0 Å². The molecule has 1 unspecified atom stereocenters. The highest BCUT2D eigenvalue weighted by atomic mass is 35.5. The number of rotatable bonds is 1. The first kappa shape index (κ1) is 11.8. The third kappa shape index (κ3) is 2.04. The van der Waals surface area contributed by atoms with Gasteiger partial charge in [-0.15, -0.1) is 12.4 Å². The first-order chi connectivity index (χ1) is 6.22. The van der Waals surface area contributed by atoms with Crippen LogP contribution in [-0.4, -0.2) is 13.2 Å². The molecule has 0 aromatic heterocycles. The van der Waals surface area contributed by atoms with Gasteiger partial charge in [-0.2, -0.15) is 0 Å². The molecule has 0 amide bonds. The van der Waals surface area contributed by atoms with Crippen molar-refractivity contribution in [3.05, 3.63) is 34.9 Å². The Hall–Kier alpha value is -0.280. The van der Waals surface area contributed by atoms with Crippen molar-refractivity contribution >= 4 is 24.0 Å². The van der Waals surface area contributed by atoms with Crippen LogP contribution in [0.3, 0.4) is 0 Å². The molecular formula is C10H13Cl2NO. The van der Waals surface area contributed by atoms with Gasteiger partial charge in [-0.3, -0.25) is 5.32 Å². The topological polar surface area (TPSA) is 21.3 Å². The van der Waals surface area contributed by atoms with E-state index in [-0.39, 0.29) is 12.4 Å². The summed E-state index contributed by atoms with van der Waals surface area (Å²) in [6.45, 7) is 3.62. The monoisotopic (exact) mass is 233 g/mol. The molecule has 0 aliphatic carbocycles. The van der Waals surface area contributed by atoms with Crippen LogP contribution in [0, 0.1) is 0 Å². The second-order valence-electron chi connectivity index (χ2n) is 3.29. The quantitative estimate of drug-likeness (QED) is 0.806. The van der Waals surface area contributed by atoms with E-state index in [0.717, 1.165) is 23.7 Å². The predicted molar refractivity (Wildman–Crippen MR) is 60.0 cm³/mol. The first-order valence-electron chi connectivity index (χ1n) is 4.36. The highest BCUT2D eigenvalue weighted by molar-refractivity contribution is 6.31. The molecule has 14 heavy (non-hydrogen) atoms. The molecule has 1 N–H and O–H groups in total. The fourth-order valence-corrected chi connectivity index (χ4v) is 1.93. The molecule has 1 saturated heterocycles. The molecule has 2 rings (SSSR count). The van der Waals surface area contributed by atoms with Crippen molar-refractivity contribution in [2.45, 2.75) is 12.6 Å². The maximum atomic E-state index is 6.07. The fraction of sp³-hybridized carbons (Fsp3) is 0.400. The SMILES string of the molecule is CC1(c2ccccc2Cl)NCCO1.Cl. The average Bonchev–Trinajstić information content (AvgIpc) is 2.54. The Morgan fingerprint density at radius 1 is 1.43 bits per heavy atom. The summed E-state index contributed by atoms with van der Waals surface area (Å²) in [4.78, 5) is 0. The number of nitrogens with one attached hydrogen (secondary N) is 1. The molecule has 1 fully saturated rings. The fourth-order valence-electron chi connectivity index (χ4n) is 1.62. The van der Waals surface area contributed by atoms with Crippen LogP contribution in [0.25, 0.3) is 0 Å². The van der Waals surface area contributed by atoms with Gasteiger partial charge in [-0.1, -0.05) is 29.8 Å². The Bertz CT molecular complexity index is 311. The zero-order valence-corrected chi connectivity index (χ0v) is 9.49. The van der Waals surface area contributed by atoms with Crippen molar-refractivity contribution in [3.8, 4) is 0 Å². The summed E-state index contributed by atoms with van der Waals surface area (Å²) in [6, 6.07) is 7.76. The molecule has 1 aromatic rings. The van der Waals surface area contributed by atoms with Crippen LogP contribution in [-0.2, 0) is 10.5 Å². The van der Waals surface area contributed by atoms with E-state index >= 15 is 0 Å². The molecule has 1 aliphatic heterocycles. The summed E-state index contributed by atoms with van der Waals surface area (Å²) in [5.74, 6) is 0. The molecule has 0 saturated carbocycles. The van der Waals surface area contributed by atoms with Crippen molar-refractivity contribution in [2.24, 2.45) is 0 Å². The Balaban J connectivity index is 0.000000980. The van der Waals surface area contributed by atoms with Crippen molar-refractivity contribution in [2.75, 3.05) is 13.2 Å². The molecule has 2 nitrogen and oxygen atoms in total. The van der Waals surface area contributed by atoms with Gasteiger partial charge in [0.05, 0.1) is 6.61 Å². The van der Waals surface area contributed by atoms with E-state index in [0.29, 0.717) is 0 Å². The van der Waals surface area contributed by atoms with Gasteiger partial charge in [0.2, 0.25) is 0 Å². The number of ether oxygens (including phenoxy) is 1. The van der Waals surface area contributed by atoms with Gasteiger partial charge >= 0.3 is 0 Å². The summed E-state index contributed by atoms with van der Waals surface area (Å²) in [6.07, 6.45) is 0. The standard InChI is InChI=1S/C10H12ClNO.ClH/c1-10(12-6-7-13-10)8-4-2-3-5-9(8)11;/h2-5,12H,6-7H2,1H3;1H. The minimum atomic E-state index is -0.404. The molecule has 1 aromatic carbocycles. The van der Waals surface area contributed by atoms with Crippen molar-refractivity contribution in [3.63, 3.8) is 0 Å². The van der Waals surface area contributed by atoms with Crippen LogP contribution in [0.2, 0.25) is 5.02 Å². The van der Waals surface area contributed by atoms with Crippen LogP contribution in [0.15, 0.2) is 24.3 Å². The molecule has 0 radical (unpaired) electrons. The van der Waals surface area contributed by atoms with Gasteiger partial charge in [0, 0.05) is 17.1 Å². The normalized spacial score (nSPS) is 25.9. The lowest BCUT2D eigenvalue weighted by molar-refractivity contribution is 0.00256. The molecule has 1 aliphatic rings. The summed E-state index contributed by atoms with van der Waals surface area (Å²) in [5.41, 5.74) is 0.604. The van der Waals surface area contributed by atoms with Gasteiger partial charge in [-0.25, -0.2) is 0 Å². The molecular weight excluding hydrogens is 221 g/mol. The number of hydrogen-bond donors (Lipinski definition) is 1. The predicted octanol–water partition coefficient (Wildman–Crippen LogP) is 2.55. The summed E-state index contributed by atoms with van der Waals surface area (Å²) in [5, 5.41) is 4.03. The van der Waals surface area contributed by atoms with E-state index in [1.165, 1.54) is 0 Å². The Kier molecular flexibility index (Phi) is 3.78. The molecule has 4 heteroatoms. The molecule has 1 atom stereocenters. The zero-order chi connectivity index (χ0) is 9.31. The third-order valence-corrected chi connectivity index (χ3v) is 2.67. The number of halogens is 2. The minimum absolute atomic E-state index is 0. The van der Waals surface area contributed by atoms with Crippen molar-refractivity contribution in [1.82, 2.24) is 5.32 Å². The lowest BCUT2D eigenvalue weighted by Gasteiger charge is -2.24. The summed E-state index contributed by atoms with van der Waals surface area (Å²) < 4.78 is 5.61. The minimum Gasteiger partial charge on any atom is -0.355 e. The van der Waals surface area contributed by atoms with Crippen LogP contribution >= 0.6 is 24.0 Å². The van der Waals surface area contributed by atoms with Crippen LogP contribution in [0.1, 0.15) is 12.5 Å². The van der Waals surface area contributed by atoms with Gasteiger partial charge in [0.15, 0.2) is 0 Å². The maximum absolute atomic E-state index is 6.07. The lowest BCUT2D eigenvalue weighted by atomic mass is 10.1. The first-order valence-corrected chi connectivity index (χ1v) is 4.74. The van der Waals surface area contributed by atoms with E-state index in [1.54, 1.807) is 0 Å². The zero-order valence-electron chi connectivity index (χ0n) is 7.92. The second kappa shape index (κ2) is 4.49. The molecule has 0 bridgehead atoms. The molecule has 0 spiro atoms. The largest absolute Gasteiger partial charge is 0.355 e. The van der Waals surface area contributed by atoms with E-state index < -0.39 is 5.72 Å². The Morgan fingerprint density at radius 3 is 2.71 bits per heavy atom. The van der Waals surface area contributed by atoms with E-state index in [9.17, 15) is 0 Å². The Morgan fingerprint density at radius 2 is 2.14 bits per heavy atom. The highest BCUT2D eigenvalue weighted by Gasteiger charge is 2.32. The van der Waals surface area contributed by atoms with E-state index in [4.69, 9.17) is 16.3 Å². The van der Waals surface area contributed by atoms with Gasteiger partial charge < -0.3 is 4.74 Å². The van der Waals surface area contributed by atoms with Gasteiger partial charge in [-0.05, 0) is 13.0 Å². The van der Waals surface area contributed by atoms with Crippen LogP contribution in [0.4, 0.5) is 0 Å². The summed E-state index contributed by atoms with van der Waals surface area (Å²) in [7, 11) is 0. The number of benzene rings is 1. The lowest BCUT2D eigenvalue weighted by Crippen LogP contribution is -2.34. The summed E-state index contributed by atoms with van der Waals surface area (Å²) >= 11 is 6.07. The van der Waals surface area contributed by atoms with Crippen molar-refractivity contribution < 1.29 is 4.74 Å². The average molecular weight is 234 g/mol. The van der Waals surface area contributed by atoms with Crippen LogP contribution < -0.4 is 5.32 Å². The third-order valence-electron chi connectivity index (χ3n) is 2.34. The molecule has 78 valence electrons. The van der Waals surface area contributed by atoms with E-state index in [2.05, 4.69) is 5.32 Å². The van der Waals surface area contributed by atoms with Crippen LogP contribution in [0.5, 0.6) is 0 Å². The van der Waals surface area contributed by atoms with E-state index in [1.807, 2.05) is 31.2 Å². The smallest absolute Gasteiger partial charge is 0.144 e. The van der Waals surface area contributed by atoms with Gasteiger partial charge in [0.25, 0.3) is 0 Å².